The molecule has 15 heavy (non-hydrogen) atoms. The van der Waals surface area contributed by atoms with E-state index in [4.69, 9.17) is 9.47 Å². The van der Waals surface area contributed by atoms with Crippen LogP contribution in [0.15, 0.2) is 12.1 Å². The van der Waals surface area contributed by atoms with Gasteiger partial charge in [0.05, 0.1) is 13.2 Å². The van der Waals surface area contributed by atoms with Crippen LogP contribution in [0.5, 0.6) is 5.75 Å². The third kappa shape index (κ3) is 2.72. The monoisotopic (exact) mass is 208 g/mol. The topological polar surface area (TPSA) is 18.5 Å². The van der Waals surface area contributed by atoms with E-state index in [0.717, 1.165) is 12.4 Å². The van der Waals surface area contributed by atoms with Gasteiger partial charge >= 0.3 is 0 Å². The Morgan fingerprint density at radius 1 is 1.20 bits per heavy atom. The molecule has 0 heterocycles. The molecular weight excluding hydrogens is 188 g/mol. The molecule has 2 heteroatoms. The predicted octanol–water partition coefficient (Wildman–Crippen LogP) is 3.41. The van der Waals surface area contributed by atoms with Crippen molar-refractivity contribution in [2.45, 2.75) is 33.8 Å². The van der Waals surface area contributed by atoms with Crippen LogP contribution in [0.25, 0.3) is 0 Å². The maximum Gasteiger partial charge on any atom is 0.119 e. The summed E-state index contributed by atoms with van der Waals surface area (Å²) in [6, 6.07) is 4.11. The summed E-state index contributed by atoms with van der Waals surface area (Å²) in [6.07, 6.45) is 0.154. The molecule has 84 valence electrons. The first kappa shape index (κ1) is 12.1. The van der Waals surface area contributed by atoms with Gasteiger partial charge in [-0.25, -0.2) is 0 Å². The summed E-state index contributed by atoms with van der Waals surface area (Å²) in [4.78, 5) is 0. The van der Waals surface area contributed by atoms with Gasteiger partial charge in [-0.2, -0.15) is 0 Å². The van der Waals surface area contributed by atoms with Crippen molar-refractivity contribution in [2.75, 3.05) is 13.7 Å². The lowest BCUT2D eigenvalue weighted by Gasteiger charge is -2.18. The van der Waals surface area contributed by atoms with Crippen LogP contribution in [0.2, 0.25) is 0 Å². The van der Waals surface area contributed by atoms with E-state index in [1.54, 1.807) is 7.11 Å². The fourth-order valence-electron chi connectivity index (χ4n) is 2.03. The Hall–Kier alpha value is -1.02. The molecule has 2 nitrogen and oxygen atoms in total. The summed E-state index contributed by atoms with van der Waals surface area (Å²) < 4.78 is 10.9. The number of hydrogen-bond acceptors (Lipinski definition) is 2. The van der Waals surface area contributed by atoms with Crippen molar-refractivity contribution in [1.29, 1.82) is 0 Å². The van der Waals surface area contributed by atoms with Crippen molar-refractivity contribution in [1.82, 2.24) is 0 Å². The van der Waals surface area contributed by atoms with Crippen molar-refractivity contribution in [2.24, 2.45) is 0 Å². The molecule has 0 saturated carbocycles. The molecular formula is C13H20O2. The minimum absolute atomic E-state index is 0.154. The van der Waals surface area contributed by atoms with Crippen LogP contribution >= 0.6 is 0 Å². The summed E-state index contributed by atoms with van der Waals surface area (Å²) >= 11 is 0. The lowest BCUT2D eigenvalue weighted by atomic mass is 9.98. The Balaban J connectivity index is 3.07. The third-order valence-electron chi connectivity index (χ3n) is 2.63. The van der Waals surface area contributed by atoms with Gasteiger partial charge in [-0.3, -0.25) is 0 Å². The summed E-state index contributed by atoms with van der Waals surface area (Å²) in [5.41, 5.74) is 3.73. The van der Waals surface area contributed by atoms with Gasteiger partial charge in [0, 0.05) is 6.61 Å². The van der Waals surface area contributed by atoms with E-state index in [1.807, 2.05) is 6.92 Å². The molecule has 1 aromatic carbocycles. The maximum atomic E-state index is 5.62. The van der Waals surface area contributed by atoms with Crippen LogP contribution in [-0.4, -0.2) is 13.7 Å². The number of aryl methyl sites for hydroxylation is 2. The van der Waals surface area contributed by atoms with Crippen molar-refractivity contribution < 1.29 is 9.47 Å². The molecule has 0 aliphatic rings. The summed E-state index contributed by atoms with van der Waals surface area (Å²) in [5.74, 6) is 0.914. The van der Waals surface area contributed by atoms with E-state index in [0.29, 0.717) is 0 Å². The highest BCUT2D eigenvalue weighted by Gasteiger charge is 2.12. The van der Waals surface area contributed by atoms with Crippen LogP contribution in [0.4, 0.5) is 0 Å². The number of benzene rings is 1. The Labute approximate surface area is 92.2 Å². The smallest absolute Gasteiger partial charge is 0.119 e. The van der Waals surface area contributed by atoms with Crippen molar-refractivity contribution >= 4 is 0 Å². The summed E-state index contributed by atoms with van der Waals surface area (Å²) in [5, 5.41) is 0. The van der Waals surface area contributed by atoms with Gasteiger partial charge in [-0.1, -0.05) is 0 Å². The molecule has 1 aromatic rings. The second-order valence-electron chi connectivity index (χ2n) is 3.77. The average Bonchev–Trinajstić information content (AvgIpc) is 2.16. The molecule has 1 unspecified atom stereocenters. The van der Waals surface area contributed by atoms with E-state index in [2.05, 4.69) is 32.9 Å². The quantitative estimate of drug-likeness (QED) is 0.755. The molecule has 0 aliphatic carbocycles. The number of hydrogen-bond donors (Lipinski definition) is 0. The molecule has 0 bridgehead atoms. The van der Waals surface area contributed by atoms with Crippen LogP contribution in [0.3, 0.4) is 0 Å². The van der Waals surface area contributed by atoms with Crippen molar-refractivity contribution in [3.05, 3.63) is 28.8 Å². The van der Waals surface area contributed by atoms with Gasteiger partial charge < -0.3 is 9.47 Å². The van der Waals surface area contributed by atoms with Crippen molar-refractivity contribution in [3.63, 3.8) is 0 Å². The zero-order valence-electron chi connectivity index (χ0n) is 10.3. The molecule has 0 radical (unpaired) electrons. The number of ether oxygens (including phenoxy) is 2. The van der Waals surface area contributed by atoms with Crippen molar-refractivity contribution in [3.8, 4) is 5.75 Å². The van der Waals surface area contributed by atoms with Crippen LogP contribution < -0.4 is 4.74 Å². The molecule has 1 atom stereocenters. The minimum atomic E-state index is 0.154. The molecule has 0 amide bonds. The lowest BCUT2D eigenvalue weighted by molar-refractivity contribution is 0.0755. The summed E-state index contributed by atoms with van der Waals surface area (Å²) in [6.45, 7) is 9.04. The summed E-state index contributed by atoms with van der Waals surface area (Å²) in [7, 11) is 1.69. The molecule has 1 rings (SSSR count). The fourth-order valence-corrected chi connectivity index (χ4v) is 2.03. The van der Waals surface area contributed by atoms with Gasteiger partial charge in [0.2, 0.25) is 0 Å². The Bertz CT molecular complexity index is 308. The normalized spacial score (nSPS) is 12.6. The first-order valence-electron chi connectivity index (χ1n) is 5.36. The van der Waals surface area contributed by atoms with Gasteiger partial charge in [0.25, 0.3) is 0 Å². The van der Waals surface area contributed by atoms with E-state index in [-0.39, 0.29) is 6.10 Å². The van der Waals surface area contributed by atoms with E-state index < -0.39 is 0 Å². The SMILES string of the molecule is CCOC(C)c1c(C)cc(OC)cc1C. The van der Waals surface area contributed by atoms with Gasteiger partial charge in [0.1, 0.15) is 5.75 Å². The first-order valence-corrected chi connectivity index (χ1v) is 5.36. The Morgan fingerprint density at radius 2 is 1.73 bits per heavy atom. The zero-order chi connectivity index (χ0) is 11.4. The average molecular weight is 208 g/mol. The van der Waals surface area contributed by atoms with Crippen LogP contribution in [-0.2, 0) is 4.74 Å². The lowest BCUT2D eigenvalue weighted by Crippen LogP contribution is -2.04. The highest BCUT2D eigenvalue weighted by Crippen LogP contribution is 2.28. The predicted molar refractivity (Wildman–Crippen MR) is 62.5 cm³/mol. The number of rotatable bonds is 4. The Kier molecular flexibility index (Phi) is 4.15. The van der Waals surface area contributed by atoms with E-state index in [9.17, 15) is 0 Å². The second-order valence-corrected chi connectivity index (χ2v) is 3.77. The van der Waals surface area contributed by atoms with E-state index >= 15 is 0 Å². The first-order chi connectivity index (χ1) is 7.10. The van der Waals surface area contributed by atoms with Crippen LogP contribution in [0.1, 0.15) is 36.6 Å². The van der Waals surface area contributed by atoms with Gasteiger partial charge in [-0.15, -0.1) is 0 Å². The fraction of sp³-hybridized carbons (Fsp3) is 0.538. The minimum Gasteiger partial charge on any atom is -0.497 e. The molecule has 0 N–H and O–H groups in total. The van der Waals surface area contributed by atoms with Gasteiger partial charge in [0.15, 0.2) is 0 Å². The number of methoxy groups -OCH3 is 1. The zero-order valence-corrected chi connectivity index (χ0v) is 10.3. The maximum absolute atomic E-state index is 5.62. The molecule has 0 spiro atoms. The molecule has 0 aliphatic heterocycles. The van der Waals surface area contributed by atoms with Crippen LogP contribution in [0, 0.1) is 13.8 Å². The highest BCUT2D eigenvalue weighted by molar-refractivity contribution is 5.42. The van der Waals surface area contributed by atoms with E-state index in [1.165, 1.54) is 16.7 Å². The molecule has 0 fully saturated rings. The second kappa shape index (κ2) is 5.17. The van der Waals surface area contributed by atoms with Gasteiger partial charge in [-0.05, 0) is 56.5 Å². The molecule has 0 aromatic heterocycles. The largest absolute Gasteiger partial charge is 0.497 e. The highest BCUT2D eigenvalue weighted by atomic mass is 16.5. The molecule has 0 saturated heterocycles. The third-order valence-corrected chi connectivity index (χ3v) is 2.63. The standard InChI is InChI=1S/C13H20O2/c1-6-15-11(4)13-9(2)7-12(14-5)8-10(13)3/h7-8,11H,6H2,1-5H3. The Morgan fingerprint density at radius 3 is 2.13 bits per heavy atom.